The number of amides is 2. The number of methoxy groups -OCH3 is 1. The van der Waals surface area contributed by atoms with Gasteiger partial charge in [0.1, 0.15) is 21.5 Å². The summed E-state index contributed by atoms with van der Waals surface area (Å²) >= 11 is 1.41. The highest BCUT2D eigenvalue weighted by Crippen LogP contribution is 2.37. The molecule has 2 saturated heterocycles. The van der Waals surface area contributed by atoms with Gasteiger partial charge in [0.15, 0.2) is 5.52 Å². The second kappa shape index (κ2) is 15.9. The molecule has 8 rings (SSSR count). The molecule has 5 heterocycles. The van der Waals surface area contributed by atoms with E-state index in [9.17, 15) is 19.5 Å². The summed E-state index contributed by atoms with van der Waals surface area (Å²) in [6.07, 6.45) is 2.59. The number of nitrogens with zero attached hydrogens (tertiary/aromatic N) is 7. The summed E-state index contributed by atoms with van der Waals surface area (Å²) in [6, 6.07) is 31.0. The van der Waals surface area contributed by atoms with Crippen molar-refractivity contribution < 1.29 is 19.4 Å². The Balaban J connectivity index is 0.948. The van der Waals surface area contributed by atoms with Crippen LogP contribution >= 0.6 is 11.3 Å². The van der Waals surface area contributed by atoms with E-state index in [1.54, 1.807) is 13.2 Å². The standard InChI is InChI=1S/C44H45N7O5S/c1-29-39(57-40(46-29)31-12-8-5-9-13-31)43(54)50-23-20-34(35(26-50)30-10-6-4-7-11-30)41(52)49-24-21-44(55,22-25-49)27-51-28-45-36-18-19-37(47-38(36)42(51)53)48(2)32-14-16-33(56-3)17-15-32/h4-19,28,34-35,55H,20-27H2,1-3H3/t34-,35+/m1/s1. The summed E-state index contributed by atoms with van der Waals surface area (Å²) in [6.45, 7) is 3.48. The molecular weight excluding hydrogens is 739 g/mol. The lowest BCUT2D eigenvalue weighted by atomic mass is 9.79. The van der Waals surface area contributed by atoms with E-state index in [0.29, 0.717) is 67.3 Å². The maximum Gasteiger partial charge on any atom is 0.280 e. The van der Waals surface area contributed by atoms with Gasteiger partial charge in [-0.3, -0.25) is 19.0 Å². The highest BCUT2D eigenvalue weighted by molar-refractivity contribution is 7.17. The lowest BCUT2D eigenvalue weighted by molar-refractivity contribution is -0.142. The first-order chi connectivity index (χ1) is 27.6. The molecule has 292 valence electrons. The highest BCUT2D eigenvalue weighted by Gasteiger charge is 2.42. The van der Waals surface area contributed by atoms with E-state index in [0.717, 1.165) is 27.6 Å². The van der Waals surface area contributed by atoms with Gasteiger partial charge in [-0.2, -0.15) is 0 Å². The van der Waals surface area contributed by atoms with Crippen LogP contribution in [0.1, 0.15) is 46.1 Å². The Labute approximate surface area is 335 Å². The van der Waals surface area contributed by atoms with Gasteiger partial charge in [0.05, 0.1) is 36.8 Å². The van der Waals surface area contributed by atoms with Crippen LogP contribution < -0.4 is 15.2 Å². The maximum absolute atomic E-state index is 14.3. The Hall–Kier alpha value is -5.92. The number of benzene rings is 3. The average Bonchev–Trinajstić information content (AvgIpc) is 3.65. The molecule has 57 heavy (non-hydrogen) atoms. The number of likely N-dealkylation sites (tertiary alicyclic amines) is 2. The first-order valence-electron chi connectivity index (χ1n) is 19.2. The third kappa shape index (κ3) is 7.77. The maximum atomic E-state index is 14.3. The monoisotopic (exact) mass is 783 g/mol. The number of piperidine rings is 2. The van der Waals surface area contributed by atoms with Crippen LogP contribution in [0.15, 0.2) is 108 Å². The molecule has 0 bridgehead atoms. The molecule has 1 N–H and O–H groups in total. The number of aryl methyl sites for hydroxylation is 1. The van der Waals surface area contributed by atoms with Crippen molar-refractivity contribution in [2.24, 2.45) is 5.92 Å². The molecule has 13 heteroatoms. The van der Waals surface area contributed by atoms with Crippen molar-refractivity contribution in [3.8, 4) is 16.3 Å². The molecule has 3 aromatic heterocycles. The molecule has 2 amide bonds. The minimum atomic E-state index is -1.21. The zero-order chi connectivity index (χ0) is 39.7. The van der Waals surface area contributed by atoms with Crippen LogP contribution in [-0.4, -0.2) is 92.2 Å². The summed E-state index contributed by atoms with van der Waals surface area (Å²) in [5.41, 5.74) is 2.70. The summed E-state index contributed by atoms with van der Waals surface area (Å²) in [7, 11) is 3.49. The van der Waals surface area contributed by atoms with Crippen molar-refractivity contribution in [3.63, 3.8) is 0 Å². The summed E-state index contributed by atoms with van der Waals surface area (Å²) < 4.78 is 6.70. The van der Waals surface area contributed by atoms with Crippen molar-refractivity contribution in [3.05, 3.63) is 130 Å². The first-order valence-corrected chi connectivity index (χ1v) is 20.0. The molecule has 2 aliphatic heterocycles. The second-order valence-corrected chi connectivity index (χ2v) is 16.0. The molecule has 3 aromatic carbocycles. The van der Waals surface area contributed by atoms with Crippen LogP contribution in [0.2, 0.25) is 0 Å². The molecule has 0 saturated carbocycles. The van der Waals surface area contributed by atoms with Gasteiger partial charge in [-0.15, -0.1) is 11.3 Å². The predicted octanol–water partition coefficient (Wildman–Crippen LogP) is 6.30. The van der Waals surface area contributed by atoms with Gasteiger partial charge in [0, 0.05) is 56.3 Å². The van der Waals surface area contributed by atoms with E-state index in [1.807, 2.05) is 120 Å². The summed E-state index contributed by atoms with van der Waals surface area (Å²) in [4.78, 5) is 62.2. The lowest BCUT2D eigenvalue weighted by Gasteiger charge is -2.43. The number of fused-ring (bicyclic) bond motifs is 1. The molecule has 2 fully saturated rings. The molecule has 12 nitrogen and oxygen atoms in total. The van der Waals surface area contributed by atoms with E-state index in [-0.39, 0.29) is 41.3 Å². The minimum Gasteiger partial charge on any atom is -0.497 e. The molecule has 2 aliphatic rings. The number of anilines is 2. The van der Waals surface area contributed by atoms with Gasteiger partial charge >= 0.3 is 0 Å². The first kappa shape index (κ1) is 38.0. The minimum absolute atomic E-state index is 0.0283. The van der Waals surface area contributed by atoms with Crippen LogP contribution in [0.25, 0.3) is 21.6 Å². The van der Waals surface area contributed by atoms with Gasteiger partial charge in [-0.25, -0.2) is 15.0 Å². The Kier molecular flexibility index (Phi) is 10.6. The molecule has 2 atom stereocenters. The van der Waals surface area contributed by atoms with Crippen molar-refractivity contribution in [2.75, 3.05) is 45.2 Å². The van der Waals surface area contributed by atoms with Crippen molar-refractivity contribution in [1.29, 1.82) is 0 Å². The molecule has 0 unspecified atom stereocenters. The highest BCUT2D eigenvalue weighted by atomic mass is 32.1. The normalized spacial score (nSPS) is 18.0. The number of rotatable bonds is 9. The third-order valence-electron chi connectivity index (χ3n) is 11.4. The Morgan fingerprint density at radius 2 is 1.61 bits per heavy atom. The fourth-order valence-corrected chi connectivity index (χ4v) is 9.07. The number of thiazole rings is 1. The number of aliphatic hydroxyl groups is 1. The van der Waals surface area contributed by atoms with Crippen LogP contribution in [0, 0.1) is 12.8 Å². The van der Waals surface area contributed by atoms with Gasteiger partial charge in [-0.1, -0.05) is 60.7 Å². The molecular formula is C44H45N7O5S. The molecule has 0 radical (unpaired) electrons. The number of carbonyl (C=O) groups is 2. The van der Waals surface area contributed by atoms with Gasteiger partial charge in [0.25, 0.3) is 11.5 Å². The number of hydrogen-bond donors (Lipinski definition) is 1. The number of aromatic nitrogens is 4. The van der Waals surface area contributed by atoms with Crippen LogP contribution in [0.5, 0.6) is 5.75 Å². The Morgan fingerprint density at radius 3 is 2.32 bits per heavy atom. The average molecular weight is 784 g/mol. The summed E-state index contributed by atoms with van der Waals surface area (Å²) in [5.74, 6) is 0.771. The smallest absolute Gasteiger partial charge is 0.280 e. The van der Waals surface area contributed by atoms with Crippen molar-refractivity contribution >= 4 is 45.7 Å². The van der Waals surface area contributed by atoms with Gasteiger partial charge in [-0.05, 0) is 68.1 Å². The van der Waals surface area contributed by atoms with Crippen LogP contribution in [0.4, 0.5) is 11.5 Å². The quantitative estimate of drug-likeness (QED) is 0.179. The SMILES string of the molecule is COc1ccc(N(C)c2ccc3ncn(CC4(O)CCN(C(=O)[C@@H]5CCN(C(=O)c6sc(-c7ccccc7)nc6C)C[C@H]5c5ccccc5)CC4)c(=O)c3n2)cc1. The van der Waals surface area contributed by atoms with E-state index in [4.69, 9.17) is 9.72 Å². The lowest BCUT2D eigenvalue weighted by Crippen LogP contribution is -2.53. The van der Waals surface area contributed by atoms with Gasteiger partial charge in [0.2, 0.25) is 5.91 Å². The zero-order valence-corrected chi connectivity index (χ0v) is 33.1. The molecule has 0 spiro atoms. The van der Waals surface area contributed by atoms with Crippen molar-refractivity contribution in [1.82, 2.24) is 29.3 Å². The molecule has 0 aliphatic carbocycles. The van der Waals surface area contributed by atoms with E-state index < -0.39 is 5.60 Å². The number of ether oxygens (including phenoxy) is 1. The fourth-order valence-electron chi connectivity index (χ4n) is 8.03. The largest absolute Gasteiger partial charge is 0.497 e. The van der Waals surface area contributed by atoms with Gasteiger partial charge < -0.3 is 24.5 Å². The van der Waals surface area contributed by atoms with E-state index in [1.165, 1.54) is 22.2 Å². The Bertz CT molecular complexity index is 2450. The Morgan fingerprint density at radius 1 is 0.912 bits per heavy atom. The second-order valence-electron chi connectivity index (χ2n) is 15.0. The zero-order valence-electron chi connectivity index (χ0n) is 32.2. The molecule has 6 aromatic rings. The topological polar surface area (TPSA) is 134 Å². The van der Waals surface area contributed by atoms with E-state index >= 15 is 0 Å². The fraction of sp³-hybridized carbons (Fsp3) is 0.318. The number of hydrogen-bond acceptors (Lipinski definition) is 10. The van der Waals surface area contributed by atoms with Crippen LogP contribution in [-0.2, 0) is 11.3 Å². The van der Waals surface area contributed by atoms with Crippen LogP contribution in [0.3, 0.4) is 0 Å². The number of pyridine rings is 1. The third-order valence-corrected chi connectivity index (χ3v) is 12.6. The number of carbonyl (C=O) groups excluding carboxylic acids is 2. The van der Waals surface area contributed by atoms with E-state index in [2.05, 4.69) is 9.97 Å². The predicted molar refractivity (Wildman–Crippen MR) is 221 cm³/mol. The van der Waals surface area contributed by atoms with Crippen molar-refractivity contribution in [2.45, 2.75) is 44.2 Å². The summed E-state index contributed by atoms with van der Waals surface area (Å²) in [5, 5.41) is 12.6.